The number of carbonyl (C=O) groups is 1. The monoisotopic (exact) mass is 407 g/mol. The number of halogens is 1. The summed E-state index contributed by atoms with van der Waals surface area (Å²) >= 11 is 0. The summed E-state index contributed by atoms with van der Waals surface area (Å²) in [6, 6.07) is 11.7. The van der Waals surface area contributed by atoms with Crippen LogP contribution in [0.3, 0.4) is 0 Å². The molecule has 2 fully saturated rings. The lowest BCUT2D eigenvalue weighted by molar-refractivity contribution is 0.0172. The molecule has 6 nitrogen and oxygen atoms in total. The number of ether oxygens (including phenoxy) is 1. The van der Waals surface area contributed by atoms with Gasteiger partial charge >= 0.3 is 0 Å². The summed E-state index contributed by atoms with van der Waals surface area (Å²) in [7, 11) is 0. The SMILES string of the molecule is Cc1cc(OC2CN(C(=O)c3cc(-c4ccc(F)cc4)c[nH]3)C2)cc(=O)n1C1CC1. The molecule has 1 amide bonds. The standard InChI is InChI=1S/C23H22FN3O3/c1-14-8-19(10-22(28)27(14)18-6-7-18)30-20-12-26(13-20)23(29)21-9-16(11-25-21)15-2-4-17(24)5-3-15/h2-5,8-11,18,20,25H,6-7,12-13H2,1H3. The first-order chi connectivity index (χ1) is 14.5. The van der Waals surface area contributed by atoms with E-state index >= 15 is 0 Å². The number of hydrogen-bond acceptors (Lipinski definition) is 3. The van der Waals surface area contributed by atoms with Crippen molar-refractivity contribution in [2.24, 2.45) is 0 Å². The molecule has 154 valence electrons. The van der Waals surface area contributed by atoms with E-state index < -0.39 is 0 Å². The van der Waals surface area contributed by atoms with E-state index in [1.54, 1.807) is 29.3 Å². The first-order valence-electron chi connectivity index (χ1n) is 10.1. The first-order valence-corrected chi connectivity index (χ1v) is 10.1. The van der Waals surface area contributed by atoms with Gasteiger partial charge in [0, 0.05) is 24.0 Å². The van der Waals surface area contributed by atoms with Crippen molar-refractivity contribution in [3.05, 3.63) is 76.2 Å². The summed E-state index contributed by atoms with van der Waals surface area (Å²) in [5.74, 6) is 0.158. The number of aromatic amines is 1. The van der Waals surface area contributed by atoms with Crippen LogP contribution in [-0.2, 0) is 0 Å². The van der Waals surface area contributed by atoms with Gasteiger partial charge in [-0.3, -0.25) is 9.59 Å². The molecule has 7 heteroatoms. The Hall–Kier alpha value is -3.35. The van der Waals surface area contributed by atoms with E-state index in [0.717, 1.165) is 29.7 Å². The Kier molecular flexibility index (Phi) is 4.46. The third-order valence-electron chi connectivity index (χ3n) is 5.68. The van der Waals surface area contributed by atoms with Crippen LogP contribution >= 0.6 is 0 Å². The number of aromatic nitrogens is 2. The van der Waals surface area contributed by atoms with Gasteiger partial charge in [0.25, 0.3) is 11.5 Å². The van der Waals surface area contributed by atoms with E-state index in [1.807, 2.05) is 17.6 Å². The summed E-state index contributed by atoms with van der Waals surface area (Å²) in [6.45, 7) is 2.86. The normalized spacial score (nSPS) is 16.4. The van der Waals surface area contributed by atoms with Gasteiger partial charge in [0.2, 0.25) is 0 Å². The second kappa shape index (κ2) is 7.16. The minimum atomic E-state index is -0.294. The Morgan fingerprint density at radius 3 is 2.50 bits per heavy atom. The van der Waals surface area contributed by atoms with Crippen molar-refractivity contribution in [2.75, 3.05) is 13.1 Å². The van der Waals surface area contributed by atoms with Crippen molar-refractivity contribution in [1.29, 1.82) is 0 Å². The number of pyridine rings is 1. The van der Waals surface area contributed by atoms with Crippen LogP contribution in [0.25, 0.3) is 11.1 Å². The number of rotatable bonds is 5. The predicted octanol–water partition coefficient (Wildman–Crippen LogP) is 3.53. The smallest absolute Gasteiger partial charge is 0.270 e. The number of hydrogen-bond donors (Lipinski definition) is 1. The zero-order valence-corrected chi connectivity index (χ0v) is 16.6. The van der Waals surface area contributed by atoms with E-state index in [0.29, 0.717) is 30.6 Å². The molecule has 3 aromatic rings. The molecular formula is C23H22FN3O3. The van der Waals surface area contributed by atoms with E-state index in [9.17, 15) is 14.0 Å². The van der Waals surface area contributed by atoms with Crippen molar-refractivity contribution < 1.29 is 13.9 Å². The topological polar surface area (TPSA) is 67.3 Å². The lowest BCUT2D eigenvalue weighted by Gasteiger charge is -2.38. The van der Waals surface area contributed by atoms with E-state index in [4.69, 9.17) is 4.74 Å². The van der Waals surface area contributed by atoms with Gasteiger partial charge in [-0.25, -0.2) is 4.39 Å². The Balaban J connectivity index is 1.20. The molecule has 1 aromatic carbocycles. The quantitative estimate of drug-likeness (QED) is 0.704. The number of amides is 1. The molecule has 0 spiro atoms. The van der Waals surface area contributed by atoms with Crippen molar-refractivity contribution in [3.63, 3.8) is 0 Å². The molecule has 1 aliphatic carbocycles. The highest BCUT2D eigenvalue weighted by Crippen LogP contribution is 2.35. The fraction of sp³-hybridized carbons (Fsp3) is 0.304. The first kappa shape index (κ1) is 18.7. The molecular weight excluding hydrogens is 385 g/mol. The van der Waals surface area contributed by atoms with Crippen LogP contribution in [0.1, 0.15) is 35.1 Å². The third-order valence-corrected chi connectivity index (χ3v) is 5.68. The molecule has 30 heavy (non-hydrogen) atoms. The van der Waals surface area contributed by atoms with Gasteiger partial charge in [-0.15, -0.1) is 0 Å². The average molecular weight is 407 g/mol. The molecule has 2 aromatic heterocycles. The van der Waals surface area contributed by atoms with Gasteiger partial charge in [-0.1, -0.05) is 12.1 Å². The van der Waals surface area contributed by atoms with Crippen molar-refractivity contribution in [2.45, 2.75) is 31.9 Å². The Bertz CT molecular complexity index is 1160. The Morgan fingerprint density at radius 2 is 1.83 bits per heavy atom. The number of nitrogens with one attached hydrogen (secondary N) is 1. The van der Waals surface area contributed by atoms with Gasteiger partial charge in [0.1, 0.15) is 23.4 Å². The van der Waals surface area contributed by atoms with Crippen molar-refractivity contribution in [3.8, 4) is 16.9 Å². The molecule has 1 aliphatic heterocycles. The van der Waals surface area contributed by atoms with Crippen molar-refractivity contribution >= 4 is 5.91 Å². The maximum atomic E-state index is 13.1. The Morgan fingerprint density at radius 1 is 1.10 bits per heavy atom. The van der Waals surface area contributed by atoms with E-state index in [1.165, 1.54) is 18.2 Å². The Labute approximate surface area is 172 Å². The lowest BCUT2D eigenvalue weighted by atomic mass is 10.1. The van der Waals surface area contributed by atoms with Gasteiger partial charge in [0.15, 0.2) is 0 Å². The zero-order chi connectivity index (χ0) is 20.8. The van der Waals surface area contributed by atoms with Crippen LogP contribution in [0.4, 0.5) is 4.39 Å². The minimum Gasteiger partial charge on any atom is -0.486 e. The summed E-state index contributed by atoms with van der Waals surface area (Å²) in [5, 5.41) is 0. The highest BCUT2D eigenvalue weighted by molar-refractivity contribution is 5.94. The van der Waals surface area contributed by atoms with Crippen molar-refractivity contribution in [1.82, 2.24) is 14.5 Å². The van der Waals surface area contributed by atoms with Crippen LogP contribution < -0.4 is 10.3 Å². The molecule has 3 heterocycles. The number of H-pyrrole nitrogens is 1. The van der Waals surface area contributed by atoms with Gasteiger partial charge < -0.3 is 19.2 Å². The minimum absolute atomic E-state index is 0.0283. The highest BCUT2D eigenvalue weighted by atomic mass is 19.1. The van der Waals surface area contributed by atoms with Crippen LogP contribution in [-0.4, -0.2) is 39.6 Å². The van der Waals surface area contributed by atoms with E-state index in [-0.39, 0.29) is 23.4 Å². The fourth-order valence-electron chi connectivity index (χ4n) is 3.92. The average Bonchev–Trinajstić information content (AvgIpc) is 3.38. The molecule has 2 aliphatic rings. The van der Waals surface area contributed by atoms with Gasteiger partial charge in [-0.05, 0) is 55.2 Å². The number of likely N-dealkylation sites (tertiary alicyclic amines) is 1. The third kappa shape index (κ3) is 3.51. The van der Waals surface area contributed by atoms with E-state index in [2.05, 4.69) is 4.98 Å². The van der Waals surface area contributed by atoms with Crippen LogP contribution in [0.15, 0.2) is 53.5 Å². The molecule has 0 unspecified atom stereocenters. The molecule has 5 rings (SSSR count). The largest absolute Gasteiger partial charge is 0.486 e. The fourth-order valence-corrected chi connectivity index (χ4v) is 3.92. The number of aryl methyl sites for hydroxylation is 1. The summed E-state index contributed by atoms with van der Waals surface area (Å²) in [5.41, 5.74) is 3.04. The maximum absolute atomic E-state index is 13.1. The molecule has 0 atom stereocenters. The number of benzene rings is 1. The summed E-state index contributed by atoms with van der Waals surface area (Å²) in [4.78, 5) is 29.7. The zero-order valence-electron chi connectivity index (χ0n) is 16.6. The van der Waals surface area contributed by atoms with Gasteiger partial charge in [0.05, 0.1) is 13.1 Å². The maximum Gasteiger partial charge on any atom is 0.270 e. The second-order valence-corrected chi connectivity index (χ2v) is 8.03. The predicted molar refractivity (Wildman–Crippen MR) is 110 cm³/mol. The van der Waals surface area contributed by atoms with Crippen LogP contribution in [0.2, 0.25) is 0 Å². The molecule has 0 radical (unpaired) electrons. The molecule has 1 N–H and O–H groups in total. The van der Waals surface area contributed by atoms with Crippen LogP contribution in [0.5, 0.6) is 5.75 Å². The lowest BCUT2D eigenvalue weighted by Crippen LogP contribution is -2.56. The molecule has 0 bridgehead atoms. The summed E-state index contributed by atoms with van der Waals surface area (Å²) < 4.78 is 20.8. The highest BCUT2D eigenvalue weighted by Gasteiger charge is 2.34. The second-order valence-electron chi connectivity index (χ2n) is 8.03. The number of nitrogens with zero attached hydrogens (tertiary/aromatic N) is 2. The summed E-state index contributed by atoms with van der Waals surface area (Å²) in [6.07, 6.45) is 3.73. The molecule has 1 saturated heterocycles. The molecule has 1 saturated carbocycles. The van der Waals surface area contributed by atoms with Gasteiger partial charge in [-0.2, -0.15) is 0 Å². The number of carbonyl (C=O) groups excluding carboxylic acids is 1. The van der Waals surface area contributed by atoms with Crippen LogP contribution in [0, 0.1) is 12.7 Å².